The van der Waals surface area contributed by atoms with Gasteiger partial charge in [0, 0.05) is 22.7 Å². The average molecular weight is 389 g/mol. The number of hydrogen-bond acceptors (Lipinski definition) is 4. The molecule has 1 aliphatic heterocycles. The first-order valence-corrected chi connectivity index (χ1v) is 11.0. The van der Waals surface area contributed by atoms with Crippen molar-refractivity contribution in [3.63, 3.8) is 0 Å². The van der Waals surface area contributed by atoms with Crippen molar-refractivity contribution in [2.45, 2.75) is 38.7 Å². The number of thiophene rings is 1. The van der Waals surface area contributed by atoms with Gasteiger partial charge in [0.05, 0.1) is 6.54 Å². The lowest BCUT2D eigenvalue weighted by molar-refractivity contribution is 0.191. The van der Waals surface area contributed by atoms with Crippen LogP contribution >= 0.6 is 11.3 Å². The molecule has 6 heteroatoms. The topological polar surface area (TPSA) is 59.9 Å². The Morgan fingerprint density at radius 3 is 2.81 bits per heavy atom. The van der Waals surface area contributed by atoms with Crippen molar-refractivity contribution < 1.29 is 5.11 Å². The molecular formula is C21H32N4OS. The zero-order chi connectivity index (χ0) is 18.9. The zero-order valence-corrected chi connectivity index (χ0v) is 17.1. The van der Waals surface area contributed by atoms with Gasteiger partial charge in [-0.05, 0) is 69.8 Å². The molecule has 2 heterocycles. The quantitative estimate of drug-likeness (QED) is 0.350. The number of unbranched alkanes of at least 4 members (excludes halogenated alkanes) is 1. The maximum absolute atomic E-state index is 10.5. The van der Waals surface area contributed by atoms with Gasteiger partial charge >= 0.3 is 0 Å². The van der Waals surface area contributed by atoms with Crippen LogP contribution in [-0.4, -0.2) is 55.2 Å². The monoisotopic (exact) mass is 388 g/mol. The van der Waals surface area contributed by atoms with E-state index in [1.807, 2.05) is 12.1 Å². The fourth-order valence-corrected chi connectivity index (χ4v) is 4.49. The van der Waals surface area contributed by atoms with Crippen LogP contribution in [0.2, 0.25) is 0 Å². The number of fused-ring (bicyclic) bond motifs is 1. The molecule has 0 radical (unpaired) electrons. The molecule has 0 aliphatic carbocycles. The van der Waals surface area contributed by atoms with E-state index in [9.17, 15) is 5.11 Å². The fourth-order valence-electron chi connectivity index (χ4n) is 3.45. The number of aliphatic imine (C=N–C) groups is 1. The van der Waals surface area contributed by atoms with Crippen LogP contribution in [0.3, 0.4) is 0 Å². The van der Waals surface area contributed by atoms with Crippen LogP contribution < -0.4 is 10.6 Å². The second kappa shape index (κ2) is 10.6. The lowest BCUT2D eigenvalue weighted by Gasteiger charge is -2.15. The Balaban J connectivity index is 1.44. The van der Waals surface area contributed by atoms with E-state index in [-0.39, 0.29) is 0 Å². The first kappa shape index (κ1) is 20.1. The fraction of sp³-hybridized carbons (Fsp3) is 0.571. The van der Waals surface area contributed by atoms with Gasteiger partial charge in [0.2, 0.25) is 0 Å². The lowest BCUT2D eigenvalue weighted by Crippen LogP contribution is -2.38. The number of likely N-dealkylation sites (tertiary alicyclic amines) is 1. The van der Waals surface area contributed by atoms with Crippen molar-refractivity contribution in [2.75, 3.05) is 39.3 Å². The van der Waals surface area contributed by atoms with Gasteiger partial charge in [0.1, 0.15) is 6.10 Å². The van der Waals surface area contributed by atoms with E-state index in [0.29, 0.717) is 6.54 Å². The summed E-state index contributed by atoms with van der Waals surface area (Å²) in [6.45, 7) is 7.92. The molecule has 1 aliphatic rings. The average Bonchev–Trinajstić information content (AvgIpc) is 3.34. The van der Waals surface area contributed by atoms with Gasteiger partial charge in [0.25, 0.3) is 0 Å². The smallest absolute Gasteiger partial charge is 0.191 e. The van der Waals surface area contributed by atoms with Gasteiger partial charge in [0.15, 0.2) is 5.96 Å². The predicted molar refractivity (Wildman–Crippen MR) is 116 cm³/mol. The molecule has 27 heavy (non-hydrogen) atoms. The first-order chi connectivity index (χ1) is 13.3. The number of benzene rings is 1. The Morgan fingerprint density at radius 2 is 2.04 bits per heavy atom. The Kier molecular flexibility index (Phi) is 7.93. The molecule has 3 N–H and O–H groups in total. The molecule has 1 aromatic carbocycles. The van der Waals surface area contributed by atoms with Crippen LogP contribution in [0.1, 0.15) is 43.6 Å². The number of hydrogen-bond donors (Lipinski definition) is 3. The Morgan fingerprint density at radius 1 is 1.22 bits per heavy atom. The van der Waals surface area contributed by atoms with Crippen molar-refractivity contribution in [2.24, 2.45) is 4.99 Å². The molecule has 1 aromatic heterocycles. The van der Waals surface area contributed by atoms with Crippen molar-refractivity contribution in [3.05, 3.63) is 35.2 Å². The standard InChI is InChI=1S/C21H32N4OS/c1-2-22-21(23-11-5-6-12-25-13-7-8-14-25)24-16-18(26)20-15-17-9-3-4-10-19(17)27-20/h3-4,9-10,15,18,26H,2,5-8,11-14,16H2,1H3,(H2,22,23,24). The molecule has 5 nitrogen and oxygen atoms in total. The first-order valence-electron chi connectivity index (χ1n) is 10.2. The minimum Gasteiger partial charge on any atom is -0.386 e. The minimum absolute atomic E-state index is 0.371. The van der Waals surface area contributed by atoms with E-state index in [2.05, 4.69) is 45.6 Å². The summed E-state index contributed by atoms with van der Waals surface area (Å²) >= 11 is 1.64. The molecule has 0 bridgehead atoms. The minimum atomic E-state index is -0.562. The normalized spacial score (nSPS) is 16.7. The molecule has 0 spiro atoms. The molecular weight excluding hydrogens is 356 g/mol. The number of guanidine groups is 1. The SMILES string of the molecule is CCNC(=NCC(O)c1cc2ccccc2s1)NCCCCN1CCCC1. The molecule has 3 rings (SSSR count). The molecule has 148 valence electrons. The van der Waals surface area contributed by atoms with Crippen LogP contribution in [0.25, 0.3) is 10.1 Å². The molecule has 2 aromatic rings. The second-order valence-electron chi connectivity index (χ2n) is 7.10. The molecule has 1 unspecified atom stereocenters. The number of aliphatic hydroxyl groups is 1. The van der Waals surface area contributed by atoms with Gasteiger partial charge < -0.3 is 20.6 Å². The highest BCUT2D eigenvalue weighted by molar-refractivity contribution is 7.19. The summed E-state index contributed by atoms with van der Waals surface area (Å²) in [6.07, 6.45) is 4.51. The van der Waals surface area contributed by atoms with Gasteiger partial charge in [-0.15, -0.1) is 11.3 Å². The van der Waals surface area contributed by atoms with Crippen LogP contribution in [-0.2, 0) is 0 Å². The highest BCUT2D eigenvalue weighted by Crippen LogP contribution is 2.29. The van der Waals surface area contributed by atoms with E-state index < -0.39 is 6.10 Å². The Bertz CT molecular complexity index is 691. The number of nitrogens with zero attached hydrogens (tertiary/aromatic N) is 2. The van der Waals surface area contributed by atoms with Crippen LogP contribution in [0.15, 0.2) is 35.3 Å². The largest absolute Gasteiger partial charge is 0.386 e. The summed E-state index contributed by atoms with van der Waals surface area (Å²) in [5.74, 6) is 0.791. The van der Waals surface area contributed by atoms with E-state index in [1.54, 1.807) is 11.3 Å². The van der Waals surface area contributed by atoms with Crippen LogP contribution in [0.4, 0.5) is 0 Å². The van der Waals surface area contributed by atoms with Crippen molar-refractivity contribution in [1.82, 2.24) is 15.5 Å². The molecule has 1 fully saturated rings. The number of aliphatic hydroxyl groups excluding tert-OH is 1. The molecule has 1 saturated heterocycles. The third-order valence-electron chi connectivity index (χ3n) is 4.93. The maximum atomic E-state index is 10.5. The summed E-state index contributed by atoms with van der Waals surface area (Å²) < 4.78 is 1.21. The third-order valence-corrected chi connectivity index (χ3v) is 6.15. The van der Waals surface area contributed by atoms with E-state index >= 15 is 0 Å². The summed E-state index contributed by atoms with van der Waals surface area (Å²) in [5, 5.41) is 18.4. The third kappa shape index (κ3) is 6.19. The summed E-state index contributed by atoms with van der Waals surface area (Å²) in [6, 6.07) is 10.3. The zero-order valence-electron chi connectivity index (χ0n) is 16.3. The van der Waals surface area contributed by atoms with Crippen molar-refractivity contribution in [3.8, 4) is 0 Å². The summed E-state index contributed by atoms with van der Waals surface area (Å²) in [4.78, 5) is 8.11. The molecule has 1 atom stereocenters. The second-order valence-corrected chi connectivity index (χ2v) is 8.22. The highest BCUT2D eigenvalue weighted by atomic mass is 32.1. The van der Waals surface area contributed by atoms with E-state index in [0.717, 1.165) is 30.3 Å². The van der Waals surface area contributed by atoms with E-state index in [1.165, 1.54) is 49.0 Å². The highest BCUT2D eigenvalue weighted by Gasteiger charge is 2.12. The number of rotatable bonds is 9. The van der Waals surface area contributed by atoms with Crippen molar-refractivity contribution in [1.29, 1.82) is 0 Å². The lowest BCUT2D eigenvalue weighted by atomic mass is 10.2. The van der Waals surface area contributed by atoms with Gasteiger partial charge in [-0.25, -0.2) is 0 Å². The van der Waals surface area contributed by atoms with Gasteiger partial charge in [-0.3, -0.25) is 4.99 Å². The molecule has 0 saturated carbocycles. The predicted octanol–water partition coefficient (Wildman–Crippen LogP) is 3.37. The Labute approximate surface area is 166 Å². The molecule has 0 amide bonds. The van der Waals surface area contributed by atoms with Crippen LogP contribution in [0.5, 0.6) is 0 Å². The summed E-state index contributed by atoms with van der Waals surface area (Å²) in [5.41, 5.74) is 0. The number of nitrogens with one attached hydrogen (secondary N) is 2. The van der Waals surface area contributed by atoms with Crippen LogP contribution in [0, 0.1) is 0 Å². The van der Waals surface area contributed by atoms with Crippen molar-refractivity contribution >= 4 is 27.4 Å². The van der Waals surface area contributed by atoms with E-state index in [4.69, 9.17) is 0 Å². The van der Waals surface area contributed by atoms with Gasteiger partial charge in [-0.2, -0.15) is 0 Å². The Hall–Kier alpha value is -1.63. The maximum Gasteiger partial charge on any atom is 0.191 e. The van der Waals surface area contributed by atoms with Gasteiger partial charge in [-0.1, -0.05) is 18.2 Å². The summed E-state index contributed by atoms with van der Waals surface area (Å²) in [7, 11) is 0.